The van der Waals surface area contributed by atoms with E-state index < -0.39 is 0 Å². The summed E-state index contributed by atoms with van der Waals surface area (Å²) in [4.78, 5) is 28.9. The molecule has 0 radical (unpaired) electrons. The molecule has 8 heteroatoms. The van der Waals surface area contributed by atoms with Gasteiger partial charge in [0.1, 0.15) is 11.6 Å². The molecule has 1 aliphatic rings. The molecule has 0 N–H and O–H groups in total. The third kappa shape index (κ3) is 4.72. The summed E-state index contributed by atoms with van der Waals surface area (Å²) in [5.74, 6) is 0.382. The Morgan fingerprint density at radius 3 is 2.48 bits per heavy atom. The number of thiazole rings is 1. The van der Waals surface area contributed by atoms with E-state index in [-0.39, 0.29) is 11.7 Å². The van der Waals surface area contributed by atoms with E-state index in [1.165, 1.54) is 23.5 Å². The molecule has 5 rings (SSSR count). The van der Waals surface area contributed by atoms with Crippen LogP contribution in [0.3, 0.4) is 0 Å². The third-order valence-electron chi connectivity index (χ3n) is 5.84. The minimum Gasteiger partial charge on any atom is -0.354 e. The first-order valence-corrected chi connectivity index (χ1v) is 11.7. The van der Waals surface area contributed by atoms with Crippen molar-refractivity contribution < 1.29 is 9.18 Å². The number of fused-ring (bicyclic) bond motifs is 1. The van der Waals surface area contributed by atoms with Crippen molar-refractivity contribution in [2.75, 3.05) is 43.0 Å². The summed E-state index contributed by atoms with van der Waals surface area (Å²) in [6.45, 7) is 4.23. The van der Waals surface area contributed by atoms with Crippen molar-refractivity contribution in [3.05, 3.63) is 83.2 Å². The monoisotopic (exact) mass is 461 g/mol. The summed E-state index contributed by atoms with van der Waals surface area (Å²) in [6.07, 6.45) is 1.82. The molecule has 0 atom stereocenters. The number of para-hydroxylation sites is 1. The van der Waals surface area contributed by atoms with Gasteiger partial charge in [0, 0.05) is 38.1 Å². The van der Waals surface area contributed by atoms with Crippen LogP contribution in [-0.4, -0.2) is 54.0 Å². The van der Waals surface area contributed by atoms with Crippen LogP contribution in [0.15, 0.2) is 66.9 Å². The Morgan fingerprint density at radius 1 is 1.03 bits per heavy atom. The van der Waals surface area contributed by atoms with Crippen molar-refractivity contribution in [2.24, 2.45) is 0 Å². The Balaban J connectivity index is 1.41. The fraction of sp³-hybridized carbons (Fsp3) is 0.240. The first-order chi connectivity index (χ1) is 16.1. The quantitative estimate of drug-likeness (QED) is 0.440. The molecule has 1 saturated heterocycles. The molecule has 2 aromatic carbocycles. The lowest BCUT2D eigenvalue weighted by Gasteiger charge is -2.33. The van der Waals surface area contributed by atoms with Crippen molar-refractivity contribution in [1.29, 1.82) is 0 Å². The number of nitrogens with zero attached hydrogens (tertiary/aromatic N) is 5. The SMILES string of the molecule is CN1CCN(c2ccc(CN(C(=O)c3nc4ccccc4s3)c3ccc(F)cc3)cn2)CC1. The number of piperazine rings is 1. The number of rotatable bonds is 5. The van der Waals surface area contributed by atoms with Crippen molar-refractivity contribution >= 4 is 39.0 Å². The van der Waals surface area contributed by atoms with Gasteiger partial charge in [0.2, 0.25) is 0 Å². The van der Waals surface area contributed by atoms with Gasteiger partial charge < -0.3 is 14.7 Å². The standard InChI is InChI=1S/C25H24FN5OS/c1-29-12-14-30(15-13-29)23-11-6-18(16-27-23)17-31(20-9-7-19(26)8-10-20)25(32)24-28-21-4-2-3-5-22(21)33-24/h2-11,16H,12-15,17H2,1H3. The molecule has 3 heterocycles. The molecule has 0 unspecified atom stereocenters. The van der Waals surface area contributed by atoms with E-state index in [4.69, 9.17) is 0 Å². The van der Waals surface area contributed by atoms with Crippen molar-refractivity contribution in [2.45, 2.75) is 6.54 Å². The zero-order valence-corrected chi connectivity index (χ0v) is 19.1. The molecule has 4 aromatic rings. The lowest BCUT2D eigenvalue weighted by atomic mass is 10.2. The van der Waals surface area contributed by atoms with Gasteiger partial charge in [0.25, 0.3) is 5.91 Å². The molecule has 0 spiro atoms. The number of pyridine rings is 1. The lowest BCUT2D eigenvalue weighted by molar-refractivity contribution is 0.0985. The molecular weight excluding hydrogens is 437 g/mol. The van der Waals surface area contributed by atoms with Crippen molar-refractivity contribution in [3.8, 4) is 0 Å². The molecule has 168 valence electrons. The zero-order valence-electron chi connectivity index (χ0n) is 18.3. The number of carbonyl (C=O) groups excluding carboxylic acids is 1. The van der Waals surface area contributed by atoms with Crippen LogP contribution in [0, 0.1) is 5.82 Å². The number of halogens is 1. The molecule has 2 aromatic heterocycles. The topological polar surface area (TPSA) is 52.6 Å². The molecule has 33 heavy (non-hydrogen) atoms. The number of aromatic nitrogens is 2. The fourth-order valence-corrected chi connectivity index (χ4v) is 4.81. The average molecular weight is 462 g/mol. The van der Waals surface area contributed by atoms with Crippen LogP contribution < -0.4 is 9.80 Å². The van der Waals surface area contributed by atoms with Crippen LogP contribution in [0.1, 0.15) is 15.4 Å². The zero-order chi connectivity index (χ0) is 22.8. The molecule has 1 aliphatic heterocycles. The molecule has 1 fully saturated rings. The first kappa shape index (κ1) is 21.5. The average Bonchev–Trinajstić information content (AvgIpc) is 3.28. The van der Waals surface area contributed by atoms with Gasteiger partial charge in [-0.15, -0.1) is 11.3 Å². The fourth-order valence-electron chi connectivity index (χ4n) is 3.90. The van der Waals surface area contributed by atoms with Gasteiger partial charge >= 0.3 is 0 Å². The number of benzene rings is 2. The summed E-state index contributed by atoms with van der Waals surface area (Å²) in [7, 11) is 2.13. The van der Waals surface area contributed by atoms with Gasteiger partial charge in [-0.25, -0.2) is 14.4 Å². The Labute approximate surface area is 195 Å². The van der Waals surface area contributed by atoms with Crippen LogP contribution in [-0.2, 0) is 6.54 Å². The molecule has 6 nitrogen and oxygen atoms in total. The number of likely N-dealkylation sites (N-methyl/N-ethyl adjacent to an activating group) is 1. The minimum absolute atomic E-state index is 0.217. The van der Waals surface area contributed by atoms with Crippen LogP contribution in [0.25, 0.3) is 10.2 Å². The normalized spacial score (nSPS) is 14.5. The second-order valence-corrected chi connectivity index (χ2v) is 9.20. The smallest absolute Gasteiger partial charge is 0.287 e. The van der Waals surface area contributed by atoms with Crippen molar-refractivity contribution in [3.63, 3.8) is 0 Å². The van der Waals surface area contributed by atoms with Crippen LogP contribution in [0.2, 0.25) is 0 Å². The highest BCUT2D eigenvalue weighted by Crippen LogP contribution is 2.26. The summed E-state index contributed by atoms with van der Waals surface area (Å²) in [5.41, 5.74) is 2.30. The van der Waals surface area contributed by atoms with E-state index in [0.717, 1.165) is 47.8 Å². The maximum Gasteiger partial charge on any atom is 0.287 e. The highest BCUT2D eigenvalue weighted by molar-refractivity contribution is 7.20. The van der Waals surface area contributed by atoms with Gasteiger partial charge in [-0.05, 0) is 55.1 Å². The van der Waals surface area contributed by atoms with E-state index in [1.807, 2.05) is 42.6 Å². The van der Waals surface area contributed by atoms with Gasteiger partial charge in [-0.2, -0.15) is 0 Å². The Morgan fingerprint density at radius 2 is 1.79 bits per heavy atom. The maximum absolute atomic E-state index is 13.6. The minimum atomic E-state index is -0.343. The second-order valence-electron chi connectivity index (χ2n) is 8.17. The Kier molecular flexibility index (Phi) is 6.02. The largest absolute Gasteiger partial charge is 0.354 e. The van der Waals surface area contributed by atoms with E-state index in [1.54, 1.807) is 17.0 Å². The molecular formula is C25H24FN5OS. The van der Waals surface area contributed by atoms with E-state index in [2.05, 4.69) is 26.8 Å². The van der Waals surface area contributed by atoms with Gasteiger partial charge in [0.15, 0.2) is 5.01 Å². The second kappa shape index (κ2) is 9.25. The third-order valence-corrected chi connectivity index (χ3v) is 6.86. The van der Waals surface area contributed by atoms with Gasteiger partial charge in [-0.3, -0.25) is 4.79 Å². The molecule has 0 saturated carbocycles. The highest BCUT2D eigenvalue weighted by Gasteiger charge is 2.22. The van der Waals surface area contributed by atoms with Gasteiger partial charge in [-0.1, -0.05) is 18.2 Å². The maximum atomic E-state index is 13.6. The van der Waals surface area contributed by atoms with E-state index in [0.29, 0.717) is 17.2 Å². The highest BCUT2D eigenvalue weighted by atomic mass is 32.1. The number of carbonyl (C=O) groups is 1. The van der Waals surface area contributed by atoms with Gasteiger partial charge in [0.05, 0.1) is 16.8 Å². The van der Waals surface area contributed by atoms with Crippen LogP contribution >= 0.6 is 11.3 Å². The summed E-state index contributed by atoms with van der Waals surface area (Å²) in [5, 5.41) is 0.405. The van der Waals surface area contributed by atoms with Crippen molar-refractivity contribution in [1.82, 2.24) is 14.9 Å². The van der Waals surface area contributed by atoms with E-state index in [9.17, 15) is 9.18 Å². The van der Waals surface area contributed by atoms with Crippen LogP contribution in [0.4, 0.5) is 15.9 Å². The lowest BCUT2D eigenvalue weighted by Crippen LogP contribution is -2.44. The Bertz CT molecular complexity index is 1220. The number of hydrogen-bond acceptors (Lipinski definition) is 6. The number of amides is 1. The van der Waals surface area contributed by atoms with Crippen LogP contribution in [0.5, 0.6) is 0 Å². The molecule has 0 aliphatic carbocycles. The number of hydrogen-bond donors (Lipinski definition) is 0. The predicted octanol–water partition coefficient (Wildman–Crippen LogP) is 4.43. The van der Waals surface area contributed by atoms with E-state index >= 15 is 0 Å². The number of anilines is 2. The predicted molar refractivity (Wildman–Crippen MR) is 130 cm³/mol. The molecule has 1 amide bonds. The first-order valence-electron chi connectivity index (χ1n) is 10.9. The summed E-state index contributed by atoms with van der Waals surface area (Å²) >= 11 is 1.36. The molecule has 0 bridgehead atoms. The summed E-state index contributed by atoms with van der Waals surface area (Å²) in [6, 6.07) is 17.7. The summed E-state index contributed by atoms with van der Waals surface area (Å²) < 4.78 is 14.5. The Hall–Kier alpha value is -3.36.